The van der Waals surface area contributed by atoms with E-state index in [0.717, 1.165) is 10.9 Å². The van der Waals surface area contributed by atoms with Crippen LogP contribution >= 0.6 is 15.9 Å². The zero-order valence-corrected chi connectivity index (χ0v) is 12.9. The second kappa shape index (κ2) is 6.54. The van der Waals surface area contributed by atoms with Crippen LogP contribution in [0.25, 0.3) is 0 Å². The van der Waals surface area contributed by atoms with Crippen LogP contribution in [-0.2, 0) is 6.54 Å². The van der Waals surface area contributed by atoms with Crippen molar-refractivity contribution in [2.75, 3.05) is 13.2 Å². The van der Waals surface area contributed by atoms with Crippen molar-refractivity contribution in [3.63, 3.8) is 0 Å². The van der Waals surface area contributed by atoms with E-state index in [2.05, 4.69) is 21.2 Å². The SMILES string of the molecule is C[C@@H]1CCN(C(=O)NCc2cc(F)ccc2Br)[C@H]1CO. The highest BCUT2D eigenvalue weighted by atomic mass is 79.9. The number of carbonyl (C=O) groups excluding carboxylic acids is 1. The molecule has 1 aromatic rings. The first-order valence-corrected chi connectivity index (χ1v) is 7.41. The lowest BCUT2D eigenvalue weighted by Gasteiger charge is -2.25. The topological polar surface area (TPSA) is 52.6 Å². The van der Waals surface area contributed by atoms with Crippen molar-refractivity contribution in [2.24, 2.45) is 5.92 Å². The lowest BCUT2D eigenvalue weighted by Crippen LogP contribution is -2.45. The summed E-state index contributed by atoms with van der Waals surface area (Å²) < 4.78 is 13.9. The van der Waals surface area contributed by atoms with Gasteiger partial charge in [0.05, 0.1) is 12.6 Å². The van der Waals surface area contributed by atoms with E-state index in [1.54, 1.807) is 11.0 Å². The number of urea groups is 1. The van der Waals surface area contributed by atoms with Gasteiger partial charge in [-0.1, -0.05) is 22.9 Å². The number of amides is 2. The Labute approximate surface area is 126 Å². The fraction of sp³-hybridized carbons (Fsp3) is 0.500. The molecule has 6 heteroatoms. The zero-order valence-electron chi connectivity index (χ0n) is 11.3. The van der Waals surface area contributed by atoms with Crippen molar-refractivity contribution >= 4 is 22.0 Å². The fourth-order valence-corrected chi connectivity index (χ4v) is 2.88. The van der Waals surface area contributed by atoms with E-state index in [1.807, 2.05) is 6.92 Å². The zero-order chi connectivity index (χ0) is 14.7. The van der Waals surface area contributed by atoms with Gasteiger partial charge in [0.25, 0.3) is 0 Å². The molecule has 0 aliphatic carbocycles. The molecule has 2 amide bonds. The molecule has 1 heterocycles. The Bertz CT molecular complexity index is 498. The number of halogens is 2. The number of rotatable bonds is 3. The third-order valence-electron chi connectivity index (χ3n) is 3.77. The van der Waals surface area contributed by atoms with E-state index >= 15 is 0 Å². The fourth-order valence-electron chi connectivity index (χ4n) is 2.49. The van der Waals surface area contributed by atoms with Crippen molar-refractivity contribution in [2.45, 2.75) is 25.9 Å². The summed E-state index contributed by atoms with van der Waals surface area (Å²) in [7, 11) is 0. The second-order valence-corrected chi connectivity index (χ2v) is 5.96. The maximum Gasteiger partial charge on any atom is 0.318 e. The van der Waals surface area contributed by atoms with Crippen molar-refractivity contribution in [1.82, 2.24) is 10.2 Å². The highest BCUT2D eigenvalue weighted by molar-refractivity contribution is 9.10. The minimum atomic E-state index is -0.333. The number of hydrogen-bond donors (Lipinski definition) is 2. The molecule has 4 nitrogen and oxygen atoms in total. The Kier molecular flexibility index (Phi) is 4.99. The smallest absolute Gasteiger partial charge is 0.318 e. The van der Waals surface area contributed by atoms with Crippen LogP contribution < -0.4 is 5.32 Å². The summed E-state index contributed by atoms with van der Waals surface area (Å²) in [5.74, 6) is -0.0351. The van der Waals surface area contributed by atoms with Crippen molar-refractivity contribution in [3.05, 3.63) is 34.1 Å². The molecule has 1 aliphatic rings. The molecule has 110 valence electrons. The third-order valence-corrected chi connectivity index (χ3v) is 4.54. The standard InChI is InChI=1S/C14H18BrFN2O2/c1-9-4-5-18(13(9)8-19)14(20)17-7-10-6-11(16)2-3-12(10)15/h2-3,6,9,13,19H,4-5,7-8H2,1H3,(H,17,20)/t9-,13+/m1/s1. The summed E-state index contributed by atoms with van der Waals surface area (Å²) in [6.45, 7) is 2.89. The Morgan fingerprint density at radius 1 is 1.60 bits per heavy atom. The van der Waals surface area contributed by atoms with Crippen LogP contribution in [0.1, 0.15) is 18.9 Å². The molecule has 0 unspecified atom stereocenters. The summed E-state index contributed by atoms with van der Waals surface area (Å²) in [5, 5.41) is 12.1. The van der Waals surface area contributed by atoms with Crippen molar-refractivity contribution in [1.29, 1.82) is 0 Å². The molecule has 0 radical (unpaired) electrons. The number of likely N-dealkylation sites (tertiary alicyclic amines) is 1. The largest absolute Gasteiger partial charge is 0.394 e. The summed E-state index contributed by atoms with van der Waals surface area (Å²) in [6.07, 6.45) is 0.891. The van der Waals surface area contributed by atoms with Crippen molar-refractivity contribution < 1.29 is 14.3 Å². The first kappa shape index (κ1) is 15.3. The maximum atomic E-state index is 13.2. The van der Waals surface area contributed by atoms with Crippen molar-refractivity contribution in [3.8, 4) is 0 Å². The van der Waals surface area contributed by atoms with E-state index in [0.29, 0.717) is 18.0 Å². The summed E-state index contributed by atoms with van der Waals surface area (Å²) in [4.78, 5) is 13.8. The van der Waals surface area contributed by atoms with E-state index in [4.69, 9.17) is 0 Å². The predicted octanol–water partition coefficient (Wildman–Crippen LogP) is 2.50. The molecule has 0 bridgehead atoms. The van der Waals surface area contributed by atoms with Gasteiger partial charge in [0, 0.05) is 17.6 Å². The van der Waals surface area contributed by atoms with Gasteiger partial charge < -0.3 is 15.3 Å². The molecule has 1 fully saturated rings. The maximum absolute atomic E-state index is 13.2. The number of aliphatic hydroxyl groups excluding tert-OH is 1. The Hall–Kier alpha value is -1.14. The van der Waals surface area contributed by atoms with Gasteiger partial charge in [0.1, 0.15) is 5.82 Å². The highest BCUT2D eigenvalue weighted by Gasteiger charge is 2.33. The van der Waals surface area contributed by atoms with Crippen LogP contribution in [0.4, 0.5) is 9.18 Å². The number of benzene rings is 1. The molecule has 20 heavy (non-hydrogen) atoms. The monoisotopic (exact) mass is 344 g/mol. The van der Waals surface area contributed by atoms with Crippen LogP contribution in [0.5, 0.6) is 0 Å². The van der Waals surface area contributed by atoms with Crippen LogP contribution in [0.15, 0.2) is 22.7 Å². The number of aliphatic hydroxyl groups is 1. The van der Waals surface area contributed by atoms with Gasteiger partial charge >= 0.3 is 6.03 Å². The van der Waals surface area contributed by atoms with Crippen LogP contribution in [0.2, 0.25) is 0 Å². The molecular formula is C14H18BrFN2O2. The average Bonchev–Trinajstić information content (AvgIpc) is 2.80. The van der Waals surface area contributed by atoms with Gasteiger partial charge in [0.15, 0.2) is 0 Å². The van der Waals surface area contributed by atoms with E-state index < -0.39 is 0 Å². The average molecular weight is 345 g/mol. The van der Waals surface area contributed by atoms with Crippen LogP contribution in [0.3, 0.4) is 0 Å². The lowest BCUT2D eigenvalue weighted by atomic mass is 10.0. The molecule has 2 rings (SSSR count). The van der Waals surface area contributed by atoms with E-state index in [1.165, 1.54) is 12.1 Å². The minimum Gasteiger partial charge on any atom is -0.394 e. The molecule has 1 saturated heterocycles. The molecule has 1 aromatic carbocycles. The normalized spacial score (nSPS) is 22.1. The Morgan fingerprint density at radius 3 is 3.05 bits per heavy atom. The summed E-state index contributed by atoms with van der Waals surface area (Å²) in [6, 6.07) is 4.01. The molecule has 0 aromatic heterocycles. The highest BCUT2D eigenvalue weighted by Crippen LogP contribution is 2.23. The lowest BCUT2D eigenvalue weighted by molar-refractivity contribution is 0.143. The second-order valence-electron chi connectivity index (χ2n) is 5.10. The third kappa shape index (κ3) is 3.30. The van der Waals surface area contributed by atoms with Gasteiger partial charge in [-0.25, -0.2) is 9.18 Å². The van der Waals surface area contributed by atoms with Crippen LogP contribution in [-0.4, -0.2) is 35.2 Å². The quantitative estimate of drug-likeness (QED) is 0.885. The van der Waals surface area contributed by atoms with Gasteiger partial charge in [-0.05, 0) is 36.1 Å². The number of nitrogens with zero attached hydrogens (tertiary/aromatic N) is 1. The first-order chi connectivity index (χ1) is 9.52. The number of nitrogens with one attached hydrogen (secondary N) is 1. The summed E-state index contributed by atoms with van der Waals surface area (Å²) >= 11 is 3.33. The van der Waals surface area contributed by atoms with Gasteiger partial charge in [-0.3, -0.25) is 0 Å². The molecule has 1 aliphatic heterocycles. The minimum absolute atomic E-state index is 0.0295. The van der Waals surface area contributed by atoms with E-state index in [9.17, 15) is 14.3 Å². The Balaban J connectivity index is 1.97. The van der Waals surface area contributed by atoms with Gasteiger partial charge in [-0.2, -0.15) is 0 Å². The number of carbonyl (C=O) groups is 1. The van der Waals surface area contributed by atoms with E-state index in [-0.39, 0.29) is 31.0 Å². The van der Waals surface area contributed by atoms with Crippen LogP contribution in [0, 0.1) is 11.7 Å². The Morgan fingerprint density at radius 2 is 2.35 bits per heavy atom. The summed E-state index contributed by atoms with van der Waals surface area (Å²) in [5.41, 5.74) is 0.686. The van der Waals surface area contributed by atoms with Gasteiger partial charge in [0.2, 0.25) is 0 Å². The predicted molar refractivity (Wildman–Crippen MR) is 77.7 cm³/mol. The molecule has 2 atom stereocenters. The number of hydrogen-bond acceptors (Lipinski definition) is 2. The molecule has 2 N–H and O–H groups in total. The molecule has 0 saturated carbocycles. The first-order valence-electron chi connectivity index (χ1n) is 6.62. The molecule has 0 spiro atoms. The van der Waals surface area contributed by atoms with Gasteiger partial charge in [-0.15, -0.1) is 0 Å². The molecular weight excluding hydrogens is 327 g/mol.